The van der Waals surface area contributed by atoms with Gasteiger partial charge in [-0.2, -0.15) is 0 Å². The molecule has 7 heteroatoms. The Hall–Kier alpha value is -0.930. The van der Waals surface area contributed by atoms with Gasteiger partial charge in [-0.1, -0.05) is 54.7 Å². The van der Waals surface area contributed by atoms with E-state index in [1.165, 1.54) is 5.57 Å². The molecule has 0 aromatic rings. The molecule has 0 N–H and O–H groups in total. The van der Waals surface area contributed by atoms with Crippen molar-refractivity contribution in [2.45, 2.75) is 77.8 Å². The molecule has 0 aromatic carbocycles. The molecule has 0 spiro atoms. The highest BCUT2D eigenvalue weighted by atomic mass is 127. The van der Waals surface area contributed by atoms with Crippen LogP contribution in [0.4, 0.5) is 0 Å². The summed E-state index contributed by atoms with van der Waals surface area (Å²) in [5.74, 6) is -0.558. The molecule has 4 aliphatic rings. The fourth-order valence-corrected chi connectivity index (χ4v) is 6.88. The van der Waals surface area contributed by atoms with Gasteiger partial charge in [-0.25, -0.2) is 4.79 Å². The summed E-state index contributed by atoms with van der Waals surface area (Å²) in [6.45, 7) is 13.9. The van der Waals surface area contributed by atoms with Gasteiger partial charge in [-0.15, -0.1) is 0 Å². The van der Waals surface area contributed by atoms with Crippen LogP contribution in [0.3, 0.4) is 0 Å². The maximum Gasteiger partial charge on any atom is 0.337 e. The molecule has 6 atom stereocenters. The Morgan fingerprint density at radius 1 is 1.25 bits per heavy atom. The van der Waals surface area contributed by atoms with E-state index in [1.807, 2.05) is 42.5 Å². The molecule has 32 heavy (non-hydrogen) atoms. The largest absolute Gasteiger partial charge is 0.458 e. The van der Waals surface area contributed by atoms with Crippen LogP contribution in [0.15, 0.2) is 23.8 Å². The van der Waals surface area contributed by atoms with Crippen molar-refractivity contribution in [3.05, 3.63) is 23.8 Å². The minimum absolute atomic E-state index is 0.0424. The van der Waals surface area contributed by atoms with E-state index in [0.29, 0.717) is 24.5 Å². The highest BCUT2D eigenvalue weighted by Gasteiger charge is 2.60. The normalized spacial score (nSPS) is 42.2. The number of ether oxygens (including phenoxy) is 4. The first-order valence-corrected chi connectivity index (χ1v) is 13.1. The molecule has 2 saturated heterocycles. The maximum absolute atomic E-state index is 12.3. The molecule has 0 unspecified atom stereocenters. The van der Waals surface area contributed by atoms with Gasteiger partial charge < -0.3 is 18.9 Å². The molecule has 178 valence electrons. The molecule has 4 fully saturated rings. The summed E-state index contributed by atoms with van der Waals surface area (Å²) in [7, 11) is 0. The van der Waals surface area contributed by atoms with E-state index in [0.717, 1.165) is 25.7 Å². The standard InChI is InChI=1S/C25H35IO6/c1-15-6-9-19-24(4,11-10-20-25(19,5)14-30-23(2,3)32-20)17(15)8-7-16-18(13-29-22(16)28)31-21(27)12-26/h7,17-20H,1,6,8-14H2,2-5H3/b16-7+/t17-,18-,19+,20-,24+,25+/m1/s1. The quantitative estimate of drug-likeness (QED) is 0.163. The first-order valence-electron chi connectivity index (χ1n) is 11.6. The zero-order chi connectivity index (χ0) is 23.3. The Balaban J connectivity index is 1.57. The van der Waals surface area contributed by atoms with Crippen LogP contribution >= 0.6 is 22.6 Å². The second-order valence-corrected chi connectivity index (χ2v) is 11.5. The fourth-order valence-electron chi connectivity index (χ4n) is 6.70. The van der Waals surface area contributed by atoms with Gasteiger partial charge in [0.05, 0.1) is 22.7 Å². The van der Waals surface area contributed by atoms with Gasteiger partial charge in [-0.05, 0) is 63.2 Å². The number of hydrogen-bond acceptors (Lipinski definition) is 6. The van der Waals surface area contributed by atoms with Gasteiger partial charge in [0.25, 0.3) is 0 Å². The van der Waals surface area contributed by atoms with Crippen molar-refractivity contribution in [2.75, 3.05) is 17.6 Å². The van der Waals surface area contributed by atoms with Gasteiger partial charge in [0, 0.05) is 5.41 Å². The lowest BCUT2D eigenvalue weighted by Crippen LogP contribution is -2.62. The highest BCUT2D eigenvalue weighted by Crippen LogP contribution is 2.63. The van der Waals surface area contributed by atoms with Crippen molar-refractivity contribution >= 4 is 34.5 Å². The number of rotatable bonds is 4. The van der Waals surface area contributed by atoms with Crippen molar-refractivity contribution in [1.29, 1.82) is 0 Å². The Kier molecular flexibility index (Phi) is 6.57. The van der Waals surface area contributed by atoms with Crippen LogP contribution in [0.1, 0.15) is 59.8 Å². The molecular weight excluding hydrogens is 523 g/mol. The summed E-state index contributed by atoms with van der Waals surface area (Å²) < 4.78 is 23.4. The predicted octanol–water partition coefficient (Wildman–Crippen LogP) is 4.75. The lowest BCUT2D eigenvalue weighted by Gasteiger charge is -2.63. The molecule has 0 aromatic heterocycles. The Morgan fingerprint density at radius 3 is 2.72 bits per heavy atom. The molecular formula is C25H35IO6. The monoisotopic (exact) mass is 558 g/mol. The number of cyclic esters (lactones) is 1. The third-order valence-electron chi connectivity index (χ3n) is 8.38. The fraction of sp³-hybridized carbons (Fsp3) is 0.760. The van der Waals surface area contributed by atoms with Gasteiger partial charge in [0.15, 0.2) is 11.9 Å². The maximum atomic E-state index is 12.3. The van der Waals surface area contributed by atoms with Crippen molar-refractivity contribution in [3.8, 4) is 0 Å². The van der Waals surface area contributed by atoms with Crippen LogP contribution < -0.4 is 0 Å². The molecule has 0 amide bonds. The predicted molar refractivity (Wildman–Crippen MR) is 128 cm³/mol. The molecule has 4 rings (SSSR count). The average molecular weight is 558 g/mol. The number of alkyl halides is 1. The summed E-state index contributed by atoms with van der Waals surface area (Å²) >= 11 is 1.96. The number of carbonyl (C=O) groups excluding carboxylic acids is 2. The summed E-state index contributed by atoms with van der Waals surface area (Å²) in [6.07, 6.45) is 6.32. The third kappa shape index (κ3) is 4.17. The number of hydrogen-bond donors (Lipinski definition) is 0. The van der Waals surface area contributed by atoms with Crippen molar-refractivity contribution in [3.63, 3.8) is 0 Å². The van der Waals surface area contributed by atoms with Crippen LogP contribution in [-0.2, 0) is 28.5 Å². The smallest absolute Gasteiger partial charge is 0.337 e. The van der Waals surface area contributed by atoms with E-state index < -0.39 is 11.9 Å². The molecule has 0 bridgehead atoms. The second kappa shape index (κ2) is 8.69. The SMILES string of the molecule is C=C1CC[C@@H]2[C@]3(C)COC(C)(C)O[C@@H]3CC[C@@]2(C)[C@@H]1C/C=C1/C(=O)OC[C@H]1OC(=O)CI. The lowest BCUT2D eigenvalue weighted by molar-refractivity contribution is -0.344. The zero-order valence-electron chi connectivity index (χ0n) is 19.6. The van der Waals surface area contributed by atoms with Crippen LogP contribution in [0.2, 0.25) is 0 Å². The van der Waals surface area contributed by atoms with Gasteiger partial charge >= 0.3 is 11.9 Å². The van der Waals surface area contributed by atoms with Crippen molar-refractivity contribution in [1.82, 2.24) is 0 Å². The topological polar surface area (TPSA) is 71.1 Å². The lowest BCUT2D eigenvalue weighted by atomic mass is 9.46. The third-order valence-corrected chi connectivity index (χ3v) is 9.00. The highest BCUT2D eigenvalue weighted by molar-refractivity contribution is 14.1. The van der Waals surface area contributed by atoms with Gasteiger partial charge in [-0.3, -0.25) is 4.79 Å². The average Bonchev–Trinajstić information content (AvgIpc) is 3.07. The minimum atomic E-state index is -0.610. The van der Waals surface area contributed by atoms with E-state index in [-0.39, 0.29) is 45.8 Å². The van der Waals surface area contributed by atoms with E-state index in [9.17, 15) is 9.59 Å². The van der Waals surface area contributed by atoms with E-state index >= 15 is 0 Å². The zero-order valence-corrected chi connectivity index (χ0v) is 21.7. The van der Waals surface area contributed by atoms with Gasteiger partial charge in [0.2, 0.25) is 0 Å². The Bertz CT molecular complexity index is 834. The summed E-state index contributed by atoms with van der Waals surface area (Å²) in [6, 6.07) is 0. The summed E-state index contributed by atoms with van der Waals surface area (Å²) in [5.41, 5.74) is 1.71. The Labute approximate surface area is 204 Å². The van der Waals surface area contributed by atoms with Crippen LogP contribution in [0, 0.1) is 22.7 Å². The number of halogens is 1. The Morgan fingerprint density at radius 2 is 2.00 bits per heavy atom. The number of allylic oxidation sites excluding steroid dienone is 2. The first-order chi connectivity index (χ1) is 15.0. The number of carbonyl (C=O) groups is 2. The first kappa shape index (κ1) is 24.2. The van der Waals surface area contributed by atoms with Crippen molar-refractivity contribution < 1.29 is 28.5 Å². The number of fused-ring (bicyclic) bond motifs is 3. The molecule has 2 saturated carbocycles. The van der Waals surface area contributed by atoms with Crippen LogP contribution in [0.5, 0.6) is 0 Å². The number of esters is 2. The molecule has 2 aliphatic heterocycles. The van der Waals surface area contributed by atoms with E-state index in [1.54, 1.807) is 0 Å². The van der Waals surface area contributed by atoms with Crippen LogP contribution in [0.25, 0.3) is 0 Å². The van der Waals surface area contributed by atoms with Crippen LogP contribution in [-0.4, -0.2) is 47.6 Å². The van der Waals surface area contributed by atoms with E-state index in [2.05, 4.69) is 20.4 Å². The molecule has 6 nitrogen and oxygen atoms in total. The second-order valence-electron chi connectivity index (χ2n) is 10.8. The summed E-state index contributed by atoms with van der Waals surface area (Å²) in [4.78, 5) is 24.1. The summed E-state index contributed by atoms with van der Waals surface area (Å²) in [5, 5.41) is 0. The molecule has 0 radical (unpaired) electrons. The van der Waals surface area contributed by atoms with E-state index in [4.69, 9.17) is 18.9 Å². The minimum Gasteiger partial charge on any atom is -0.458 e. The van der Waals surface area contributed by atoms with Crippen molar-refractivity contribution in [2.24, 2.45) is 22.7 Å². The van der Waals surface area contributed by atoms with Gasteiger partial charge in [0.1, 0.15) is 6.61 Å². The molecule has 2 heterocycles. The molecule has 2 aliphatic carbocycles.